The Labute approximate surface area is 207 Å². The highest BCUT2D eigenvalue weighted by molar-refractivity contribution is 9.09. The number of nitrogens with zero attached hydrogens (tertiary/aromatic N) is 3. The Balaban J connectivity index is 0.00000212. The number of anilines is 2. The summed E-state index contributed by atoms with van der Waals surface area (Å²) in [6.45, 7) is 5.91. The van der Waals surface area contributed by atoms with Gasteiger partial charge in [-0.2, -0.15) is 5.10 Å². The summed E-state index contributed by atoms with van der Waals surface area (Å²) in [5.41, 5.74) is 3.65. The molecule has 0 fully saturated rings. The van der Waals surface area contributed by atoms with Crippen molar-refractivity contribution in [2.24, 2.45) is 5.10 Å². The zero-order valence-electron chi connectivity index (χ0n) is 19.9. The molecule has 0 bridgehead atoms. The summed E-state index contributed by atoms with van der Waals surface area (Å²) in [6, 6.07) is 18.8. The molecule has 0 heterocycles. The van der Waals surface area contributed by atoms with Gasteiger partial charge in [0.25, 0.3) is 0 Å². The predicted molar refractivity (Wildman–Crippen MR) is 148 cm³/mol. The van der Waals surface area contributed by atoms with E-state index >= 15 is 0 Å². The van der Waals surface area contributed by atoms with E-state index in [1.807, 2.05) is 56.2 Å². The van der Waals surface area contributed by atoms with Crippen molar-refractivity contribution in [1.29, 1.82) is 0 Å². The van der Waals surface area contributed by atoms with Crippen LogP contribution in [0.1, 0.15) is 39.5 Å². The first kappa shape index (κ1) is 29.6. The molecular formula is C25H41Br2N4+. The van der Waals surface area contributed by atoms with Crippen molar-refractivity contribution in [2.45, 2.75) is 39.5 Å². The number of nitrogens with two attached hydrogens (primary N) is 1. The molecule has 2 rings (SSSR count). The van der Waals surface area contributed by atoms with E-state index in [9.17, 15) is 0 Å². The van der Waals surface area contributed by atoms with Crippen molar-refractivity contribution in [1.82, 2.24) is 0 Å². The maximum Gasteiger partial charge on any atom is 0.153 e. The van der Waals surface area contributed by atoms with E-state index in [0.717, 1.165) is 24.1 Å². The molecular weight excluding hydrogens is 516 g/mol. The molecule has 0 atom stereocenters. The molecule has 31 heavy (non-hydrogen) atoms. The molecule has 0 saturated heterocycles. The fourth-order valence-electron chi connectivity index (χ4n) is 2.95. The number of hydrogen-bond donors (Lipinski definition) is 1. The third kappa shape index (κ3) is 12.9. The van der Waals surface area contributed by atoms with Gasteiger partial charge in [-0.1, -0.05) is 82.5 Å². The first-order valence-corrected chi connectivity index (χ1v) is 13.8. The predicted octanol–water partition coefficient (Wildman–Crippen LogP) is 6.43. The second-order valence-electron chi connectivity index (χ2n) is 6.69. The van der Waals surface area contributed by atoms with Crippen LogP contribution in [0.2, 0.25) is 0 Å². The van der Waals surface area contributed by atoms with Crippen molar-refractivity contribution in [3.05, 3.63) is 54.6 Å². The zero-order chi connectivity index (χ0) is 23.3. The summed E-state index contributed by atoms with van der Waals surface area (Å²) >= 11 is 6.43. The summed E-state index contributed by atoms with van der Waals surface area (Å²) < 4.78 is 0. The molecule has 0 amide bonds. The van der Waals surface area contributed by atoms with Crippen LogP contribution in [-0.4, -0.2) is 44.6 Å². The minimum absolute atomic E-state index is 0.771. The van der Waals surface area contributed by atoms with Gasteiger partial charge >= 0.3 is 0 Å². The Morgan fingerprint density at radius 2 is 1.48 bits per heavy atom. The molecule has 0 spiro atoms. The average Bonchev–Trinajstić information content (AvgIpc) is 2.84. The van der Waals surface area contributed by atoms with Crippen molar-refractivity contribution >= 4 is 55.1 Å². The number of hydrazone groups is 1. The molecule has 0 unspecified atom stereocenters. The number of para-hydroxylation sites is 3. The van der Waals surface area contributed by atoms with Crippen LogP contribution in [0.3, 0.4) is 0 Å². The lowest BCUT2D eigenvalue weighted by Crippen LogP contribution is -2.78. The number of unbranched alkanes of at least 4 members (excludes halogenated alkanes) is 3. The third-order valence-corrected chi connectivity index (χ3v) is 5.10. The highest BCUT2D eigenvalue weighted by Gasteiger charge is 2.09. The highest BCUT2D eigenvalue weighted by Crippen LogP contribution is 2.19. The number of benzene rings is 2. The van der Waals surface area contributed by atoms with Crippen molar-refractivity contribution in [2.75, 3.05) is 48.3 Å². The Morgan fingerprint density at radius 3 is 2.16 bits per heavy atom. The summed E-state index contributed by atoms with van der Waals surface area (Å²) in [5, 5.41) is 9.93. The minimum Gasteiger partial charge on any atom is -0.364 e. The molecule has 0 radical (unpaired) electrons. The van der Waals surface area contributed by atoms with E-state index in [2.05, 4.69) is 90.6 Å². The quantitative estimate of drug-likeness (QED) is 0.107. The first-order chi connectivity index (χ1) is 15.2. The molecule has 2 aromatic rings. The van der Waals surface area contributed by atoms with Crippen LogP contribution < -0.4 is 15.2 Å². The van der Waals surface area contributed by atoms with E-state index in [0.29, 0.717) is 0 Å². The van der Waals surface area contributed by atoms with Gasteiger partial charge in [-0.3, -0.25) is 5.01 Å². The number of rotatable bonds is 12. The lowest BCUT2D eigenvalue weighted by molar-refractivity contribution is -0.571. The van der Waals surface area contributed by atoms with Gasteiger partial charge in [0.15, 0.2) is 5.69 Å². The van der Waals surface area contributed by atoms with Crippen LogP contribution in [0.5, 0.6) is 0 Å². The van der Waals surface area contributed by atoms with Crippen LogP contribution in [0, 0.1) is 0 Å². The van der Waals surface area contributed by atoms with Gasteiger partial charge in [-0.25, -0.2) is 0 Å². The number of halogens is 2. The molecule has 6 heteroatoms. The lowest BCUT2D eigenvalue weighted by atomic mass is 10.2. The summed E-state index contributed by atoms with van der Waals surface area (Å²) in [5.74, 6) is 1.81. The summed E-state index contributed by atoms with van der Waals surface area (Å²) in [7, 11) is 4.10. The lowest BCUT2D eigenvalue weighted by Gasteiger charge is -2.19. The molecule has 0 saturated carbocycles. The van der Waals surface area contributed by atoms with Crippen LogP contribution in [0.25, 0.3) is 0 Å². The van der Waals surface area contributed by atoms with Gasteiger partial charge < -0.3 is 10.2 Å². The number of quaternary nitrogens is 1. The fourth-order valence-corrected chi connectivity index (χ4v) is 3.34. The second kappa shape index (κ2) is 20.5. The SMILES string of the molecule is CBr.CC.CN(C/C=N/N(C)c1ccccc1)c1ccccc1[NH2+]CCCCCCBr. The molecule has 4 nitrogen and oxygen atoms in total. The van der Waals surface area contributed by atoms with E-state index < -0.39 is 0 Å². The molecule has 2 aromatic carbocycles. The van der Waals surface area contributed by atoms with E-state index in [4.69, 9.17) is 0 Å². The van der Waals surface area contributed by atoms with E-state index in [-0.39, 0.29) is 0 Å². The van der Waals surface area contributed by atoms with E-state index in [1.165, 1.54) is 37.1 Å². The molecule has 0 aliphatic carbocycles. The van der Waals surface area contributed by atoms with Gasteiger partial charge in [-0.15, -0.1) is 0 Å². The first-order valence-electron chi connectivity index (χ1n) is 11.1. The van der Waals surface area contributed by atoms with Crippen molar-refractivity contribution in [3.8, 4) is 0 Å². The second-order valence-corrected chi connectivity index (χ2v) is 7.49. The number of hydrogen-bond acceptors (Lipinski definition) is 3. The molecule has 0 aliphatic rings. The van der Waals surface area contributed by atoms with Crippen molar-refractivity contribution < 1.29 is 5.32 Å². The van der Waals surface area contributed by atoms with Gasteiger partial charge in [0.2, 0.25) is 0 Å². The molecule has 0 aliphatic heterocycles. The van der Waals surface area contributed by atoms with Gasteiger partial charge in [0, 0.05) is 31.7 Å². The molecule has 174 valence electrons. The van der Waals surface area contributed by atoms with Gasteiger partial charge in [-0.05, 0) is 43.3 Å². The Hall–Kier alpha value is -1.37. The standard InChI is InChI=1S/C22H31BrN4.C2H6.CH3Br/c1-26(19-18-25-27(2)20-12-6-5-7-13-20)22-15-9-8-14-21(22)24-17-11-4-3-10-16-23;2*1-2/h5-9,12-15,18,24H,3-4,10-11,16-17,19H2,1-2H3;1-2H3;1H3/p+1/b25-18+;;. The maximum absolute atomic E-state index is 4.55. The smallest absolute Gasteiger partial charge is 0.153 e. The highest BCUT2D eigenvalue weighted by atomic mass is 79.9. The topological polar surface area (TPSA) is 35.5 Å². The van der Waals surface area contributed by atoms with E-state index in [1.54, 1.807) is 0 Å². The largest absolute Gasteiger partial charge is 0.364 e. The van der Waals surface area contributed by atoms with Crippen LogP contribution in [0.4, 0.5) is 17.1 Å². The zero-order valence-corrected chi connectivity index (χ0v) is 23.1. The Morgan fingerprint density at radius 1 is 0.871 bits per heavy atom. The monoisotopic (exact) mass is 555 g/mol. The van der Waals surface area contributed by atoms with Gasteiger partial charge in [0.05, 0.1) is 24.5 Å². The van der Waals surface area contributed by atoms with Crippen molar-refractivity contribution in [3.63, 3.8) is 0 Å². The van der Waals surface area contributed by atoms with Crippen LogP contribution in [0.15, 0.2) is 59.7 Å². The summed E-state index contributed by atoms with van der Waals surface area (Å²) in [4.78, 5) is 2.25. The Kier molecular flexibility index (Phi) is 19.6. The van der Waals surface area contributed by atoms with Crippen LogP contribution >= 0.6 is 31.9 Å². The molecule has 0 aromatic heterocycles. The molecule has 2 N–H and O–H groups in total. The maximum atomic E-state index is 4.55. The number of alkyl halides is 2. The fraction of sp³-hybridized carbons (Fsp3) is 0.480. The minimum atomic E-state index is 0.771. The Bertz CT molecular complexity index is 680. The van der Waals surface area contributed by atoms with Crippen LogP contribution in [-0.2, 0) is 0 Å². The summed E-state index contributed by atoms with van der Waals surface area (Å²) in [6.07, 6.45) is 7.11. The normalized spacial score (nSPS) is 10.0. The third-order valence-electron chi connectivity index (χ3n) is 4.54. The average molecular weight is 557 g/mol. The van der Waals surface area contributed by atoms with Gasteiger partial charge in [0.1, 0.15) is 0 Å².